The summed E-state index contributed by atoms with van der Waals surface area (Å²) >= 11 is 0. The van der Waals surface area contributed by atoms with Crippen molar-refractivity contribution in [3.63, 3.8) is 0 Å². The Labute approximate surface area is 165 Å². The molecule has 0 amide bonds. The Morgan fingerprint density at radius 2 is 1.79 bits per heavy atom. The first-order valence-electron chi connectivity index (χ1n) is 9.96. The summed E-state index contributed by atoms with van der Waals surface area (Å²) in [6.45, 7) is 0. The van der Waals surface area contributed by atoms with Gasteiger partial charge in [-0.05, 0) is 61.1 Å². The van der Waals surface area contributed by atoms with Gasteiger partial charge in [0.2, 0.25) is 0 Å². The molecule has 2 aliphatic rings. The molecule has 4 heteroatoms. The minimum atomic E-state index is -0.311. The molecule has 2 aromatic carbocycles. The number of anilines is 1. The van der Waals surface area contributed by atoms with Crippen molar-refractivity contribution < 1.29 is 9.53 Å². The lowest BCUT2D eigenvalue weighted by molar-refractivity contribution is 0.0601. The van der Waals surface area contributed by atoms with Gasteiger partial charge in [0, 0.05) is 24.4 Å². The van der Waals surface area contributed by atoms with E-state index in [-0.39, 0.29) is 5.97 Å². The van der Waals surface area contributed by atoms with Gasteiger partial charge in [-0.2, -0.15) is 0 Å². The number of pyridine rings is 1. The molecule has 1 saturated carbocycles. The monoisotopic (exact) mass is 372 g/mol. The highest BCUT2D eigenvalue weighted by atomic mass is 16.5. The van der Waals surface area contributed by atoms with E-state index in [1.54, 1.807) is 6.07 Å². The average Bonchev–Trinajstić information content (AvgIpc) is 3.49. The molecular weight excluding hydrogens is 348 g/mol. The molecule has 4 nitrogen and oxygen atoms in total. The van der Waals surface area contributed by atoms with Crippen LogP contribution >= 0.6 is 0 Å². The molecule has 0 aliphatic heterocycles. The van der Waals surface area contributed by atoms with Gasteiger partial charge in [0.1, 0.15) is 0 Å². The topological polar surface area (TPSA) is 42.4 Å². The molecule has 1 heterocycles. The third-order valence-electron chi connectivity index (χ3n) is 6.16. The van der Waals surface area contributed by atoms with E-state index in [0.29, 0.717) is 17.5 Å². The van der Waals surface area contributed by atoms with Gasteiger partial charge in [-0.1, -0.05) is 24.3 Å². The van der Waals surface area contributed by atoms with Crippen LogP contribution in [0.4, 0.5) is 5.69 Å². The number of hydrogen-bond donors (Lipinski definition) is 0. The molecule has 1 aromatic heterocycles. The molecule has 1 fully saturated rings. The van der Waals surface area contributed by atoms with E-state index in [1.165, 1.54) is 42.5 Å². The highest BCUT2D eigenvalue weighted by Crippen LogP contribution is 2.41. The van der Waals surface area contributed by atoms with E-state index in [0.717, 1.165) is 23.7 Å². The van der Waals surface area contributed by atoms with Gasteiger partial charge in [-0.25, -0.2) is 4.79 Å². The van der Waals surface area contributed by atoms with Crippen LogP contribution in [0.5, 0.6) is 0 Å². The second-order valence-electron chi connectivity index (χ2n) is 8.01. The van der Waals surface area contributed by atoms with E-state index in [9.17, 15) is 4.79 Å². The summed E-state index contributed by atoms with van der Waals surface area (Å²) in [7, 11) is 3.59. The molecule has 0 atom stereocenters. The average molecular weight is 372 g/mol. The molecule has 142 valence electrons. The van der Waals surface area contributed by atoms with Gasteiger partial charge in [0.25, 0.3) is 0 Å². The van der Waals surface area contributed by atoms with Crippen molar-refractivity contribution >= 4 is 22.6 Å². The third-order valence-corrected chi connectivity index (χ3v) is 6.16. The molecule has 28 heavy (non-hydrogen) atoms. The fraction of sp³-hybridized carbons (Fsp3) is 0.333. The lowest BCUT2D eigenvalue weighted by Crippen LogP contribution is -2.22. The summed E-state index contributed by atoms with van der Waals surface area (Å²) in [5.74, 6) is 0.0904. The van der Waals surface area contributed by atoms with Crippen molar-refractivity contribution in [1.29, 1.82) is 0 Å². The van der Waals surface area contributed by atoms with Crippen LogP contribution in [0, 0.1) is 0 Å². The Balaban J connectivity index is 1.61. The zero-order valence-electron chi connectivity index (χ0n) is 16.3. The van der Waals surface area contributed by atoms with E-state index >= 15 is 0 Å². The Morgan fingerprint density at radius 1 is 1.07 bits per heavy atom. The Hall–Kier alpha value is -2.88. The maximum atomic E-state index is 11.9. The smallest absolute Gasteiger partial charge is 0.337 e. The predicted molar refractivity (Wildman–Crippen MR) is 111 cm³/mol. The van der Waals surface area contributed by atoms with Crippen molar-refractivity contribution in [3.05, 3.63) is 70.9 Å². The summed E-state index contributed by atoms with van der Waals surface area (Å²) in [6.07, 6.45) is 4.56. The largest absolute Gasteiger partial charge is 0.465 e. The molecule has 3 aromatic rings. The van der Waals surface area contributed by atoms with Crippen LogP contribution in [0.1, 0.15) is 45.9 Å². The van der Waals surface area contributed by atoms with E-state index in [4.69, 9.17) is 9.72 Å². The summed E-state index contributed by atoms with van der Waals surface area (Å²) in [6, 6.07) is 17.2. The first kappa shape index (κ1) is 17.2. The molecule has 5 rings (SSSR count). The first-order valence-corrected chi connectivity index (χ1v) is 9.96. The van der Waals surface area contributed by atoms with Crippen LogP contribution in [-0.2, 0) is 17.6 Å². The van der Waals surface area contributed by atoms with Gasteiger partial charge in [-0.15, -0.1) is 0 Å². The zero-order chi connectivity index (χ0) is 19.3. The van der Waals surface area contributed by atoms with Gasteiger partial charge in [0.15, 0.2) is 0 Å². The minimum Gasteiger partial charge on any atom is -0.465 e. The standard InChI is InChI=1S/C24H24N2O2/c1-26(20-8-9-20)22-14-18-13-17(24(27)28-2)7-10-21(18)25-23(22)19-11-15-5-3-4-6-16(15)12-19/h3-7,10,13-14,19-20H,8-9,11-12H2,1-2H3. The number of ether oxygens (including phenoxy) is 1. The van der Waals surface area contributed by atoms with E-state index < -0.39 is 0 Å². The highest BCUT2D eigenvalue weighted by molar-refractivity contribution is 5.95. The van der Waals surface area contributed by atoms with E-state index in [2.05, 4.69) is 42.3 Å². The lowest BCUT2D eigenvalue weighted by atomic mass is 9.97. The second-order valence-corrected chi connectivity index (χ2v) is 8.01. The predicted octanol–water partition coefficient (Wildman–Crippen LogP) is 4.50. The number of nitrogens with zero attached hydrogens (tertiary/aromatic N) is 2. The molecule has 0 N–H and O–H groups in total. The number of esters is 1. The molecule has 0 saturated heterocycles. The molecule has 0 unspecified atom stereocenters. The normalized spacial score (nSPS) is 16.2. The Kier molecular flexibility index (Phi) is 4.08. The quantitative estimate of drug-likeness (QED) is 0.632. The fourth-order valence-electron chi connectivity index (χ4n) is 4.42. The summed E-state index contributed by atoms with van der Waals surface area (Å²) < 4.78 is 4.88. The van der Waals surface area contributed by atoms with Crippen molar-refractivity contribution in [2.45, 2.75) is 37.6 Å². The Morgan fingerprint density at radius 3 is 2.43 bits per heavy atom. The number of methoxy groups -OCH3 is 1. The number of hydrogen-bond acceptors (Lipinski definition) is 4. The van der Waals surface area contributed by atoms with Gasteiger partial charge < -0.3 is 9.64 Å². The number of carbonyl (C=O) groups excluding carboxylic acids is 1. The maximum absolute atomic E-state index is 11.9. The van der Waals surface area contributed by atoms with Crippen LogP contribution in [0.15, 0.2) is 48.5 Å². The second kappa shape index (κ2) is 6.62. The summed E-state index contributed by atoms with van der Waals surface area (Å²) in [5.41, 5.74) is 6.77. The van der Waals surface area contributed by atoms with Gasteiger partial charge >= 0.3 is 5.97 Å². The maximum Gasteiger partial charge on any atom is 0.337 e. The Bertz CT molecular complexity index is 1050. The SMILES string of the molecule is COC(=O)c1ccc2nc(C3Cc4ccccc4C3)c(N(C)C3CC3)cc2c1. The number of fused-ring (bicyclic) bond motifs is 2. The molecule has 0 radical (unpaired) electrons. The van der Waals surface area contributed by atoms with Crippen molar-refractivity contribution in [2.75, 3.05) is 19.1 Å². The number of aromatic nitrogens is 1. The summed E-state index contributed by atoms with van der Waals surface area (Å²) in [5, 5.41) is 0.990. The van der Waals surface area contributed by atoms with Crippen LogP contribution < -0.4 is 4.90 Å². The van der Waals surface area contributed by atoms with Crippen LogP contribution in [0.25, 0.3) is 10.9 Å². The minimum absolute atomic E-state index is 0.311. The third kappa shape index (κ3) is 2.93. The molecule has 0 bridgehead atoms. The zero-order valence-corrected chi connectivity index (χ0v) is 16.3. The van der Waals surface area contributed by atoms with Crippen LogP contribution in [0.2, 0.25) is 0 Å². The van der Waals surface area contributed by atoms with Crippen LogP contribution in [0.3, 0.4) is 0 Å². The van der Waals surface area contributed by atoms with Crippen molar-refractivity contribution in [3.8, 4) is 0 Å². The molecule has 0 spiro atoms. The number of carbonyl (C=O) groups is 1. The van der Waals surface area contributed by atoms with Crippen molar-refractivity contribution in [2.24, 2.45) is 0 Å². The van der Waals surface area contributed by atoms with Crippen LogP contribution in [-0.4, -0.2) is 31.2 Å². The van der Waals surface area contributed by atoms with Gasteiger partial charge in [0.05, 0.1) is 29.6 Å². The summed E-state index contributed by atoms with van der Waals surface area (Å²) in [4.78, 5) is 19.4. The fourth-order valence-corrected chi connectivity index (χ4v) is 4.42. The molecular formula is C24H24N2O2. The molecule has 2 aliphatic carbocycles. The first-order chi connectivity index (χ1) is 13.6. The number of benzene rings is 2. The lowest BCUT2D eigenvalue weighted by Gasteiger charge is -2.25. The van der Waals surface area contributed by atoms with Crippen molar-refractivity contribution in [1.82, 2.24) is 4.98 Å². The number of rotatable bonds is 4. The van der Waals surface area contributed by atoms with E-state index in [1.807, 2.05) is 12.1 Å². The van der Waals surface area contributed by atoms with Gasteiger partial charge in [-0.3, -0.25) is 4.98 Å². The highest BCUT2D eigenvalue weighted by Gasteiger charge is 2.32.